The number of carbonyl (C=O) groups excluding carboxylic acids is 1. The second-order valence-electron chi connectivity index (χ2n) is 4.16. The molecule has 5 heteroatoms. The number of hydrogen-bond donors (Lipinski definition) is 1. The molecular weight excluding hydrogens is 316 g/mol. The zero-order chi connectivity index (χ0) is 14.2. The first-order valence-corrected chi connectivity index (χ1v) is 6.25. The van der Waals surface area contributed by atoms with E-state index in [0.29, 0.717) is 11.3 Å². The second-order valence-corrected chi connectivity index (χ2v) is 5.01. The summed E-state index contributed by atoms with van der Waals surface area (Å²) < 4.78 is 27.2. The lowest BCUT2D eigenvalue weighted by atomic mass is 10.00. The summed E-state index contributed by atoms with van der Waals surface area (Å²) in [6.07, 6.45) is 0. The molecule has 0 spiro atoms. The van der Waals surface area contributed by atoms with Crippen molar-refractivity contribution in [3.63, 3.8) is 0 Å². The number of halogens is 3. The van der Waals surface area contributed by atoms with Crippen LogP contribution in [0.1, 0.15) is 21.5 Å². The topological polar surface area (TPSA) is 43.1 Å². The van der Waals surface area contributed by atoms with E-state index in [1.165, 1.54) is 31.2 Å². The Morgan fingerprint density at radius 2 is 1.89 bits per heavy atom. The molecule has 0 aliphatic rings. The van der Waals surface area contributed by atoms with Crippen molar-refractivity contribution < 1.29 is 13.6 Å². The first-order valence-electron chi connectivity index (χ1n) is 5.45. The van der Waals surface area contributed by atoms with E-state index in [9.17, 15) is 13.6 Å². The van der Waals surface area contributed by atoms with Gasteiger partial charge in [-0.15, -0.1) is 0 Å². The SMILES string of the molecule is Cc1cc(N)cc(C(=O)c2ccc(F)c(Br)c2)c1F. The van der Waals surface area contributed by atoms with Crippen LogP contribution in [0.25, 0.3) is 0 Å². The van der Waals surface area contributed by atoms with Gasteiger partial charge in [-0.05, 0) is 58.7 Å². The summed E-state index contributed by atoms with van der Waals surface area (Å²) >= 11 is 2.99. The molecule has 0 radical (unpaired) electrons. The smallest absolute Gasteiger partial charge is 0.196 e. The molecule has 2 rings (SSSR count). The van der Waals surface area contributed by atoms with Crippen molar-refractivity contribution in [1.29, 1.82) is 0 Å². The molecule has 98 valence electrons. The first-order chi connectivity index (χ1) is 8.90. The quantitative estimate of drug-likeness (QED) is 0.673. The van der Waals surface area contributed by atoms with E-state index in [2.05, 4.69) is 15.9 Å². The van der Waals surface area contributed by atoms with Gasteiger partial charge in [0.05, 0.1) is 10.0 Å². The fraction of sp³-hybridized carbons (Fsp3) is 0.0714. The molecule has 0 saturated heterocycles. The number of anilines is 1. The average molecular weight is 326 g/mol. The van der Waals surface area contributed by atoms with Gasteiger partial charge >= 0.3 is 0 Å². The second kappa shape index (κ2) is 5.09. The Balaban J connectivity index is 2.53. The number of carbonyl (C=O) groups is 1. The molecule has 2 aromatic carbocycles. The van der Waals surface area contributed by atoms with E-state index in [1.807, 2.05) is 0 Å². The van der Waals surface area contributed by atoms with E-state index in [-0.39, 0.29) is 15.6 Å². The Labute approximate surface area is 117 Å². The Kier molecular flexibility index (Phi) is 3.66. The number of hydrogen-bond acceptors (Lipinski definition) is 2. The number of benzene rings is 2. The maximum absolute atomic E-state index is 13.9. The monoisotopic (exact) mass is 325 g/mol. The zero-order valence-corrected chi connectivity index (χ0v) is 11.6. The van der Waals surface area contributed by atoms with E-state index in [0.717, 1.165) is 6.07 Å². The fourth-order valence-corrected chi connectivity index (χ4v) is 2.13. The lowest BCUT2D eigenvalue weighted by Crippen LogP contribution is -2.07. The highest BCUT2D eigenvalue weighted by atomic mass is 79.9. The molecule has 0 heterocycles. The Bertz CT molecular complexity index is 671. The van der Waals surface area contributed by atoms with Gasteiger partial charge < -0.3 is 5.73 Å². The third-order valence-electron chi connectivity index (χ3n) is 2.70. The normalized spacial score (nSPS) is 10.5. The standard InChI is InChI=1S/C14H10BrF2NO/c1-7-4-9(18)6-10(13(7)17)14(19)8-2-3-12(16)11(15)5-8/h2-6H,18H2,1H3. The van der Waals surface area contributed by atoms with Gasteiger partial charge in [0.2, 0.25) is 0 Å². The highest BCUT2D eigenvalue weighted by Gasteiger charge is 2.17. The minimum Gasteiger partial charge on any atom is -0.399 e. The lowest BCUT2D eigenvalue weighted by molar-refractivity contribution is 0.103. The summed E-state index contributed by atoms with van der Waals surface area (Å²) in [6.45, 7) is 1.53. The van der Waals surface area contributed by atoms with E-state index in [4.69, 9.17) is 5.73 Å². The first kappa shape index (κ1) is 13.7. The van der Waals surface area contributed by atoms with Crippen molar-refractivity contribution in [3.05, 3.63) is 63.1 Å². The number of nitrogens with two attached hydrogens (primary N) is 1. The Morgan fingerprint density at radius 3 is 2.53 bits per heavy atom. The molecule has 0 aromatic heterocycles. The molecule has 0 atom stereocenters. The largest absolute Gasteiger partial charge is 0.399 e. The van der Waals surface area contributed by atoms with E-state index < -0.39 is 17.4 Å². The Morgan fingerprint density at radius 1 is 1.21 bits per heavy atom. The van der Waals surface area contributed by atoms with E-state index >= 15 is 0 Å². The molecule has 2 N–H and O–H groups in total. The molecule has 0 unspecified atom stereocenters. The molecule has 0 aliphatic carbocycles. The lowest BCUT2D eigenvalue weighted by Gasteiger charge is -2.07. The maximum Gasteiger partial charge on any atom is 0.196 e. The molecule has 0 saturated carbocycles. The summed E-state index contributed by atoms with van der Waals surface area (Å²) in [5.41, 5.74) is 6.29. The van der Waals surface area contributed by atoms with Crippen molar-refractivity contribution in [2.75, 3.05) is 5.73 Å². The molecule has 0 bridgehead atoms. The van der Waals surface area contributed by atoms with Crippen LogP contribution in [0, 0.1) is 18.6 Å². The summed E-state index contributed by atoms with van der Waals surface area (Å²) in [5, 5.41) is 0. The molecule has 0 amide bonds. The van der Waals surface area contributed by atoms with Gasteiger partial charge in [-0.3, -0.25) is 4.79 Å². The number of aryl methyl sites for hydroxylation is 1. The Hall–Kier alpha value is -1.75. The molecule has 0 fully saturated rings. The van der Waals surface area contributed by atoms with Crippen LogP contribution in [0.15, 0.2) is 34.8 Å². The summed E-state index contributed by atoms with van der Waals surface area (Å²) in [4.78, 5) is 12.2. The van der Waals surface area contributed by atoms with Crippen molar-refractivity contribution >= 4 is 27.4 Å². The van der Waals surface area contributed by atoms with Gasteiger partial charge in [0.15, 0.2) is 5.78 Å². The molecular formula is C14H10BrF2NO. The molecule has 2 aromatic rings. The van der Waals surface area contributed by atoms with Gasteiger partial charge in [-0.1, -0.05) is 0 Å². The maximum atomic E-state index is 13.9. The van der Waals surface area contributed by atoms with Crippen molar-refractivity contribution in [2.24, 2.45) is 0 Å². The third kappa shape index (κ3) is 2.66. The summed E-state index contributed by atoms with van der Waals surface area (Å²) in [5.74, 6) is -1.63. The van der Waals surface area contributed by atoms with Crippen LogP contribution in [0.5, 0.6) is 0 Å². The van der Waals surface area contributed by atoms with Gasteiger partial charge in [0.25, 0.3) is 0 Å². The average Bonchev–Trinajstić information content (AvgIpc) is 2.36. The predicted octanol–water partition coefficient (Wildman–Crippen LogP) is 3.85. The van der Waals surface area contributed by atoms with Crippen LogP contribution in [0.2, 0.25) is 0 Å². The molecule has 19 heavy (non-hydrogen) atoms. The number of rotatable bonds is 2. The van der Waals surface area contributed by atoms with Gasteiger partial charge in [0, 0.05) is 11.3 Å². The van der Waals surface area contributed by atoms with Crippen LogP contribution in [-0.4, -0.2) is 5.78 Å². The van der Waals surface area contributed by atoms with Crippen LogP contribution in [0.4, 0.5) is 14.5 Å². The van der Waals surface area contributed by atoms with Gasteiger partial charge in [0.1, 0.15) is 11.6 Å². The van der Waals surface area contributed by atoms with E-state index in [1.54, 1.807) is 0 Å². The van der Waals surface area contributed by atoms with Crippen LogP contribution >= 0.6 is 15.9 Å². The predicted molar refractivity (Wildman–Crippen MR) is 73.1 cm³/mol. The van der Waals surface area contributed by atoms with Crippen LogP contribution in [0.3, 0.4) is 0 Å². The number of nitrogen functional groups attached to an aromatic ring is 1. The summed E-state index contributed by atoms with van der Waals surface area (Å²) in [7, 11) is 0. The minimum atomic E-state index is -0.611. The van der Waals surface area contributed by atoms with Gasteiger partial charge in [-0.2, -0.15) is 0 Å². The highest BCUT2D eigenvalue weighted by Crippen LogP contribution is 2.23. The van der Waals surface area contributed by atoms with Crippen molar-refractivity contribution in [2.45, 2.75) is 6.92 Å². The van der Waals surface area contributed by atoms with Crippen LogP contribution < -0.4 is 5.73 Å². The zero-order valence-electron chi connectivity index (χ0n) is 10.0. The number of ketones is 1. The minimum absolute atomic E-state index is 0.115. The molecule has 0 aliphatic heterocycles. The van der Waals surface area contributed by atoms with Gasteiger partial charge in [-0.25, -0.2) is 8.78 Å². The third-order valence-corrected chi connectivity index (χ3v) is 3.31. The highest BCUT2D eigenvalue weighted by molar-refractivity contribution is 9.10. The molecule has 2 nitrogen and oxygen atoms in total. The fourth-order valence-electron chi connectivity index (χ4n) is 1.76. The van der Waals surface area contributed by atoms with Crippen molar-refractivity contribution in [1.82, 2.24) is 0 Å². The van der Waals surface area contributed by atoms with Crippen molar-refractivity contribution in [3.8, 4) is 0 Å². The van der Waals surface area contributed by atoms with Crippen LogP contribution in [-0.2, 0) is 0 Å². The summed E-state index contributed by atoms with van der Waals surface area (Å²) in [6, 6.07) is 6.50.